The number of amides is 2. The molecule has 0 spiro atoms. The Morgan fingerprint density at radius 1 is 1.20 bits per heavy atom. The minimum Gasteiger partial charge on any atom is -0.492 e. The third kappa shape index (κ3) is 4.78. The topological polar surface area (TPSA) is 63.2 Å². The van der Waals surface area contributed by atoms with E-state index >= 15 is 0 Å². The molecule has 2 rings (SSSR count). The number of hydrogen-bond acceptors (Lipinski definition) is 3. The second-order valence-corrected chi connectivity index (χ2v) is 4.34. The third-order valence-corrected chi connectivity index (χ3v) is 2.59. The lowest BCUT2D eigenvalue weighted by Crippen LogP contribution is -2.32. The predicted octanol–water partition coefficient (Wildman–Crippen LogP) is 2.94. The molecule has 0 aliphatic rings. The maximum absolute atomic E-state index is 11.6. The van der Waals surface area contributed by atoms with Crippen molar-refractivity contribution in [3.05, 3.63) is 53.7 Å². The van der Waals surface area contributed by atoms with Gasteiger partial charge in [-0.15, -0.1) is 0 Å². The first-order chi connectivity index (χ1) is 9.74. The van der Waals surface area contributed by atoms with E-state index in [4.69, 9.17) is 16.3 Å². The number of benzene rings is 1. The Balaban J connectivity index is 1.66. The Morgan fingerprint density at radius 2 is 2.00 bits per heavy atom. The first kappa shape index (κ1) is 14.1. The van der Waals surface area contributed by atoms with Crippen molar-refractivity contribution in [2.24, 2.45) is 0 Å². The van der Waals surface area contributed by atoms with Crippen molar-refractivity contribution < 1.29 is 9.53 Å². The molecule has 0 bridgehead atoms. The van der Waals surface area contributed by atoms with Crippen LogP contribution in [0.4, 0.5) is 10.6 Å². The first-order valence-electron chi connectivity index (χ1n) is 6.08. The number of carbonyl (C=O) groups excluding carboxylic acids is 1. The molecule has 0 saturated carbocycles. The first-order valence-corrected chi connectivity index (χ1v) is 6.46. The molecule has 0 fully saturated rings. The molecule has 0 atom stereocenters. The molecule has 20 heavy (non-hydrogen) atoms. The molecule has 2 amide bonds. The fourth-order valence-corrected chi connectivity index (χ4v) is 1.57. The van der Waals surface area contributed by atoms with Gasteiger partial charge in [-0.3, -0.25) is 5.32 Å². The molecule has 2 aromatic rings. The van der Waals surface area contributed by atoms with Gasteiger partial charge in [0.25, 0.3) is 0 Å². The Bertz CT molecular complexity index is 546. The molecular formula is C14H14ClN3O2. The fourth-order valence-electron chi connectivity index (χ4n) is 1.46. The highest BCUT2D eigenvalue weighted by atomic mass is 35.5. The summed E-state index contributed by atoms with van der Waals surface area (Å²) < 4.78 is 5.45. The van der Waals surface area contributed by atoms with Gasteiger partial charge >= 0.3 is 6.03 Å². The van der Waals surface area contributed by atoms with E-state index in [0.717, 1.165) is 5.75 Å². The number of para-hydroxylation sites is 1. The lowest BCUT2D eigenvalue weighted by Gasteiger charge is -2.08. The summed E-state index contributed by atoms with van der Waals surface area (Å²) in [5, 5.41) is 5.78. The average Bonchev–Trinajstić information content (AvgIpc) is 2.47. The van der Waals surface area contributed by atoms with Crippen LogP contribution in [0.1, 0.15) is 0 Å². The van der Waals surface area contributed by atoms with Crippen LogP contribution >= 0.6 is 11.6 Å². The van der Waals surface area contributed by atoms with E-state index < -0.39 is 0 Å². The normalized spacial score (nSPS) is 9.85. The quantitative estimate of drug-likeness (QED) is 0.833. The molecule has 0 unspecified atom stereocenters. The Hall–Kier alpha value is -2.27. The summed E-state index contributed by atoms with van der Waals surface area (Å²) in [6.45, 7) is 0.791. The fraction of sp³-hybridized carbons (Fsp3) is 0.143. The van der Waals surface area contributed by atoms with E-state index in [1.165, 1.54) is 6.20 Å². The van der Waals surface area contributed by atoms with Gasteiger partial charge in [0.05, 0.1) is 11.6 Å². The highest BCUT2D eigenvalue weighted by molar-refractivity contribution is 6.30. The molecular weight excluding hydrogens is 278 g/mol. The zero-order valence-corrected chi connectivity index (χ0v) is 11.4. The third-order valence-electron chi connectivity index (χ3n) is 2.37. The molecule has 0 aliphatic carbocycles. The van der Waals surface area contributed by atoms with Crippen LogP contribution in [-0.2, 0) is 0 Å². The Labute approximate surface area is 121 Å². The van der Waals surface area contributed by atoms with Gasteiger partial charge in [-0.2, -0.15) is 0 Å². The Morgan fingerprint density at radius 3 is 2.70 bits per heavy atom. The zero-order valence-electron chi connectivity index (χ0n) is 10.7. The number of urea groups is 1. The SMILES string of the molecule is O=C(NCCOc1ccccc1)Nc1ccc(Cl)cn1. The van der Waals surface area contributed by atoms with Gasteiger partial charge in [0.2, 0.25) is 0 Å². The average molecular weight is 292 g/mol. The van der Waals surface area contributed by atoms with Crippen LogP contribution < -0.4 is 15.4 Å². The summed E-state index contributed by atoms with van der Waals surface area (Å²) in [6.07, 6.45) is 1.47. The van der Waals surface area contributed by atoms with Crippen molar-refractivity contribution >= 4 is 23.4 Å². The molecule has 2 N–H and O–H groups in total. The highest BCUT2D eigenvalue weighted by Gasteiger charge is 2.01. The van der Waals surface area contributed by atoms with E-state index in [2.05, 4.69) is 15.6 Å². The molecule has 1 heterocycles. The minimum atomic E-state index is -0.337. The van der Waals surface area contributed by atoms with Crippen LogP contribution in [0, 0.1) is 0 Å². The minimum absolute atomic E-state index is 0.337. The van der Waals surface area contributed by atoms with E-state index in [1.54, 1.807) is 12.1 Å². The van der Waals surface area contributed by atoms with Gasteiger partial charge in [0.1, 0.15) is 18.2 Å². The number of rotatable bonds is 5. The van der Waals surface area contributed by atoms with Crippen molar-refractivity contribution in [3.63, 3.8) is 0 Å². The van der Waals surface area contributed by atoms with Crippen LogP contribution in [0.15, 0.2) is 48.7 Å². The summed E-state index contributed by atoms with van der Waals surface area (Å²) >= 11 is 5.70. The van der Waals surface area contributed by atoms with Crippen LogP contribution in [0.3, 0.4) is 0 Å². The number of nitrogens with one attached hydrogen (secondary N) is 2. The van der Waals surface area contributed by atoms with Gasteiger partial charge in [0.15, 0.2) is 0 Å². The maximum atomic E-state index is 11.6. The van der Waals surface area contributed by atoms with Crippen molar-refractivity contribution in [1.82, 2.24) is 10.3 Å². The van der Waals surface area contributed by atoms with E-state index in [0.29, 0.717) is 24.0 Å². The smallest absolute Gasteiger partial charge is 0.320 e. The number of aromatic nitrogens is 1. The van der Waals surface area contributed by atoms with Gasteiger partial charge < -0.3 is 10.1 Å². The zero-order chi connectivity index (χ0) is 14.2. The van der Waals surface area contributed by atoms with E-state index in [-0.39, 0.29) is 6.03 Å². The molecule has 0 aliphatic heterocycles. The molecule has 0 radical (unpaired) electrons. The number of halogens is 1. The van der Waals surface area contributed by atoms with E-state index in [1.807, 2.05) is 30.3 Å². The largest absolute Gasteiger partial charge is 0.492 e. The number of pyridine rings is 1. The van der Waals surface area contributed by atoms with Crippen LogP contribution in [0.5, 0.6) is 5.75 Å². The highest BCUT2D eigenvalue weighted by Crippen LogP contribution is 2.09. The van der Waals surface area contributed by atoms with Gasteiger partial charge in [-0.05, 0) is 24.3 Å². The van der Waals surface area contributed by atoms with Crippen molar-refractivity contribution in [1.29, 1.82) is 0 Å². The molecule has 0 saturated heterocycles. The molecule has 104 valence electrons. The maximum Gasteiger partial charge on any atom is 0.320 e. The summed E-state index contributed by atoms with van der Waals surface area (Å²) in [5.74, 6) is 1.21. The van der Waals surface area contributed by atoms with Crippen LogP contribution in [-0.4, -0.2) is 24.2 Å². The standard InChI is InChI=1S/C14H14ClN3O2/c15-11-6-7-13(17-10-11)18-14(19)16-8-9-20-12-4-2-1-3-5-12/h1-7,10H,8-9H2,(H2,16,17,18,19). The molecule has 1 aromatic heterocycles. The summed E-state index contributed by atoms with van der Waals surface area (Å²) in [4.78, 5) is 15.5. The lowest BCUT2D eigenvalue weighted by atomic mass is 10.3. The summed E-state index contributed by atoms with van der Waals surface area (Å²) in [7, 11) is 0. The van der Waals surface area contributed by atoms with Gasteiger partial charge in [-0.1, -0.05) is 29.8 Å². The number of nitrogens with zero attached hydrogens (tertiary/aromatic N) is 1. The number of anilines is 1. The number of carbonyl (C=O) groups is 1. The lowest BCUT2D eigenvalue weighted by molar-refractivity contribution is 0.247. The molecule has 6 heteroatoms. The molecule has 1 aromatic carbocycles. The van der Waals surface area contributed by atoms with Crippen LogP contribution in [0.2, 0.25) is 5.02 Å². The van der Waals surface area contributed by atoms with Gasteiger partial charge in [-0.25, -0.2) is 9.78 Å². The number of hydrogen-bond donors (Lipinski definition) is 2. The summed E-state index contributed by atoms with van der Waals surface area (Å²) in [5.41, 5.74) is 0. The number of ether oxygens (including phenoxy) is 1. The van der Waals surface area contributed by atoms with Gasteiger partial charge in [0, 0.05) is 6.20 Å². The predicted molar refractivity (Wildman–Crippen MR) is 78.2 cm³/mol. The van der Waals surface area contributed by atoms with Crippen molar-refractivity contribution in [2.75, 3.05) is 18.5 Å². The van der Waals surface area contributed by atoms with Crippen molar-refractivity contribution in [3.8, 4) is 5.75 Å². The summed E-state index contributed by atoms with van der Waals surface area (Å²) in [6, 6.07) is 12.4. The Kier molecular flexibility index (Phi) is 5.20. The monoisotopic (exact) mass is 291 g/mol. The second kappa shape index (κ2) is 7.35. The molecule has 5 nitrogen and oxygen atoms in total. The van der Waals surface area contributed by atoms with Crippen LogP contribution in [0.25, 0.3) is 0 Å². The van der Waals surface area contributed by atoms with E-state index in [9.17, 15) is 4.79 Å². The second-order valence-electron chi connectivity index (χ2n) is 3.90. The van der Waals surface area contributed by atoms with Crippen molar-refractivity contribution in [2.45, 2.75) is 0 Å².